The summed E-state index contributed by atoms with van der Waals surface area (Å²) in [6.07, 6.45) is 2.92. The highest BCUT2D eigenvalue weighted by atomic mass is 16.6. The lowest BCUT2D eigenvalue weighted by Crippen LogP contribution is -2.52. The summed E-state index contributed by atoms with van der Waals surface area (Å²) in [5, 5.41) is 19.4. The van der Waals surface area contributed by atoms with E-state index < -0.39 is 22.4 Å². The maximum absolute atomic E-state index is 11.6. The Bertz CT molecular complexity index is 668. The third-order valence-corrected chi connectivity index (χ3v) is 3.35. The first kappa shape index (κ1) is 19.0. The fourth-order valence-electron chi connectivity index (χ4n) is 1.94. The third kappa shape index (κ3) is 4.25. The molecule has 0 bridgehead atoms. The number of nitrogens with zero attached hydrogens (tertiary/aromatic N) is 2. The molecule has 1 aliphatic rings. The number of rotatable bonds is 4. The average Bonchev–Trinajstić information content (AvgIpc) is 2.56. The summed E-state index contributed by atoms with van der Waals surface area (Å²) in [5.74, 6) is -1.73. The van der Waals surface area contributed by atoms with E-state index in [9.17, 15) is 19.7 Å². The Labute approximate surface area is 138 Å². The molecule has 0 aliphatic carbocycles. The number of esters is 1. The minimum atomic E-state index is -1.83. The second-order valence-corrected chi connectivity index (χ2v) is 4.85. The Kier molecular flexibility index (Phi) is 6.79. The largest absolute Gasteiger partial charge is 0.478 e. The van der Waals surface area contributed by atoms with E-state index in [4.69, 9.17) is 9.84 Å². The number of allylic oxidation sites excluding steroid dienone is 1. The number of aromatic carboxylic acids is 1. The van der Waals surface area contributed by atoms with Crippen LogP contribution in [0, 0.1) is 10.1 Å². The number of carboxylic acid groups (broad SMARTS) is 1. The normalized spacial score (nSPS) is 18.7. The van der Waals surface area contributed by atoms with Crippen molar-refractivity contribution in [2.75, 3.05) is 13.2 Å². The zero-order valence-electron chi connectivity index (χ0n) is 13.3. The van der Waals surface area contributed by atoms with Gasteiger partial charge in [0, 0.05) is 16.7 Å². The second-order valence-electron chi connectivity index (χ2n) is 4.85. The summed E-state index contributed by atoms with van der Waals surface area (Å²) >= 11 is 0. The molecule has 0 radical (unpaired) electrons. The summed E-state index contributed by atoms with van der Waals surface area (Å²) in [7, 11) is 0. The molecule has 0 fully saturated rings. The van der Waals surface area contributed by atoms with Crippen LogP contribution in [0.3, 0.4) is 0 Å². The van der Waals surface area contributed by atoms with Crippen molar-refractivity contribution < 1.29 is 24.4 Å². The van der Waals surface area contributed by atoms with E-state index >= 15 is 0 Å². The number of ether oxygens (including phenoxy) is 1. The molecule has 1 aromatic rings. The van der Waals surface area contributed by atoms with Crippen molar-refractivity contribution in [1.82, 2.24) is 0 Å². The van der Waals surface area contributed by atoms with Crippen LogP contribution in [0.2, 0.25) is 0 Å². The highest BCUT2D eigenvalue weighted by Crippen LogP contribution is 2.25. The lowest BCUT2D eigenvalue weighted by atomic mass is 9.90. The quantitative estimate of drug-likeness (QED) is 0.511. The molecular formula is C16H18N2O6. The minimum Gasteiger partial charge on any atom is -0.478 e. The molecule has 1 unspecified atom stereocenters. The summed E-state index contributed by atoms with van der Waals surface area (Å²) in [6, 6.07) is 8.30. The second kappa shape index (κ2) is 8.56. The monoisotopic (exact) mass is 334 g/mol. The summed E-state index contributed by atoms with van der Waals surface area (Å²) in [6.45, 7) is 3.06. The molecule has 2 rings (SSSR count). The van der Waals surface area contributed by atoms with Gasteiger partial charge < -0.3 is 9.84 Å². The van der Waals surface area contributed by atoms with Crippen LogP contribution in [0.4, 0.5) is 0 Å². The molecular weight excluding hydrogens is 316 g/mol. The zero-order chi connectivity index (χ0) is 18.2. The van der Waals surface area contributed by atoms with Crippen LogP contribution in [0.15, 0.2) is 47.0 Å². The number of hydrogen-bond acceptors (Lipinski definition) is 6. The van der Waals surface area contributed by atoms with Gasteiger partial charge in [-0.15, -0.1) is 0 Å². The molecule has 0 saturated carbocycles. The molecule has 1 N–H and O–H groups in total. The molecule has 0 saturated heterocycles. The number of benzene rings is 1. The number of dihydropyridines is 1. The van der Waals surface area contributed by atoms with Gasteiger partial charge in [0.15, 0.2) is 0 Å². The molecule has 1 aliphatic heterocycles. The molecule has 0 amide bonds. The minimum absolute atomic E-state index is 0.116. The van der Waals surface area contributed by atoms with Crippen LogP contribution < -0.4 is 0 Å². The van der Waals surface area contributed by atoms with E-state index in [-0.39, 0.29) is 13.2 Å². The van der Waals surface area contributed by atoms with Crippen molar-refractivity contribution in [3.8, 4) is 0 Å². The van der Waals surface area contributed by atoms with Gasteiger partial charge in [-0.2, -0.15) is 0 Å². The van der Waals surface area contributed by atoms with Gasteiger partial charge in [0.1, 0.15) is 6.54 Å². The van der Waals surface area contributed by atoms with Crippen molar-refractivity contribution in [3.63, 3.8) is 0 Å². The lowest BCUT2D eigenvalue weighted by molar-refractivity contribution is -0.541. The lowest BCUT2D eigenvalue weighted by Gasteiger charge is -2.23. The Morgan fingerprint density at radius 1 is 1.38 bits per heavy atom. The van der Waals surface area contributed by atoms with Gasteiger partial charge in [-0.3, -0.25) is 15.1 Å². The topological polar surface area (TPSA) is 119 Å². The Morgan fingerprint density at radius 2 is 2.00 bits per heavy atom. The van der Waals surface area contributed by atoms with E-state index in [1.807, 2.05) is 0 Å². The van der Waals surface area contributed by atoms with E-state index in [1.54, 1.807) is 37.3 Å². The van der Waals surface area contributed by atoms with Crippen molar-refractivity contribution in [2.24, 2.45) is 4.99 Å². The fourth-order valence-corrected chi connectivity index (χ4v) is 1.94. The predicted octanol–water partition coefficient (Wildman–Crippen LogP) is 1.98. The number of aliphatic imine (C=N–C) groups is 1. The van der Waals surface area contributed by atoms with Gasteiger partial charge in [0.05, 0.1) is 12.2 Å². The zero-order valence-corrected chi connectivity index (χ0v) is 13.3. The van der Waals surface area contributed by atoms with Crippen LogP contribution in [0.5, 0.6) is 0 Å². The Balaban J connectivity index is 0.000000272. The maximum Gasteiger partial charge on any atom is 0.391 e. The predicted molar refractivity (Wildman–Crippen MR) is 86.9 cm³/mol. The standard InChI is InChI=1S/C9H12N2O4.C7H6O2/c1-3-15-8(12)9(11(13)14)6-10-5-4-7(9)2;8-7(9)6-4-2-1-3-5-6/h4-5H,3,6H2,1-2H3;1-5H,(H,8,9). The summed E-state index contributed by atoms with van der Waals surface area (Å²) < 4.78 is 4.72. The van der Waals surface area contributed by atoms with E-state index in [1.165, 1.54) is 19.2 Å². The van der Waals surface area contributed by atoms with Crippen molar-refractivity contribution in [2.45, 2.75) is 19.4 Å². The molecule has 1 heterocycles. The van der Waals surface area contributed by atoms with Crippen LogP contribution >= 0.6 is 0 Å². The van der Waals surface area contributed by atoms with Gasteiger partial charge >= 0.3 is 17.5 Å². The Hall–Kier alpha value is -3.03. The molecule has 24 heavy (non-hydrogen) atoms. The Morgan fingerprint density at radius 3 is 2.42 bits per heavy atom. The average molecular weight is 334 g/mol. The van der Waals surface area contributed by atoms with E-state index in [2.05, 4.69) is 4.99 Å². The molecule has 1 atom stereocenters. The van der Waals surface area contributed by atoms with Gasteiger partial charge in [-0.1, -0.05) is 18.2 Å². The summed E-state index contributed by atoms with van der Waals surface area (Å²) in [4.78, 5) is 35.9. The van der Waals surface area contributed by atoms with Crippen LogP contribution in [-0.4, -0.2) is 46.9 Å². The third-order valence-electron chi connectivity index (χ3n) is 3.35. The van der Waals surface area contributed by atoms with Gasteiger partial charge in [-0.25, -0.2) is 9.59 Å². The van der Waals surface area contributed by atoms with Gasteiger partial charge in [0.2, 0.25) is 0 Å². The van der Waals surface area contributed by atoms with Crippen molar-refractivity contribution in [1.29, 1.82) is 0 Å². The highest BCUT2D eigenvalue weighted by molar-refractivity contribution is 5.88. The molecule has 128 valence electrons. The smallest absolute Gasteiger partial charge is 0.391 e. The highest BCUT2D eigenvalue weighted by Gasteiger charge is 2.55. The van der Waals surface area contributed by atoms with E-state index in [0.717, 1.165) is 0 Å². The van der Waals surface area contributed by atoms with Crippen LogP contribution in [0.1, 0.15) is 24.2 Å². The number of carbonyl (C=O) groups is 2. The molecule has 1 aromatic carbocycles. The molecule has 0 spiro atoms. The van der Waals surface area contributed by atoms with Crippen molar-refractivity contribution in [3.05, 3.63) is 57.7 Å². The molecule has 8 heteroatoms. The number of hydrogen-bond donors (Lipinski definition) is 1. The van der Waals surface area contributed by atoms with E-state index in [0.29, 0.717) is 11.1 Å². The number of carbonyl (C=O) groups excluding carboxylic acids is 1. The SMILES string of the molecule is CCOC(=O)C1([N+](=O)[O-])CN=CC=C1C.O=C(O)c1ccccc1. The van der Waals surface area contributed by atoms with Crippen LogP contribution in [0.25, 0.3) is 0 Å². The first-order valence-corrected chi connectivity index (χ1v) is 7.13. The molecule has 8 nitrogen and oxygen atoms in total. The van der Waals surface area contributed by atoms with Crippen molar-refractivity contribution >= 4 is 18.2 Å². The van der Waals surface area contributed by atoms with Gasteiger partial charge in [0.25, 0.3) is 0 Å². The first-order chi connectivity index (χ1) is 11.4. The van der Waals surface area contributed by atoms with Gasteiger partial charge in [-0.05, 0) is 32.1 Å². The fraction of sp³-hybridized carbons (Fsp3) is 0.312. The van der Waals surface area contributed by atoms with Crippen LogP contribution in [-0.2, 0) is 9.53 Å². The first-order valence-electron chi connectivity index (χ1n) is 7.13. The number of carboxylic acids is 1. The maximum atomic E-state index is 11.6. The molecule has 0 aromatic heterocycles. The summed E-state index contributed by atoms with van der Waals surface area (Å²) in [5.41, 5.74) is -1.15. The number of nitro groups is 1.